The lowest BCUT2D eigenvalue weighted by molar-refractivity contribution is 0.668. The molecule has 127 heavy (non-hydrogen) atoms. The van der Waals surface area contributed by atoms with E-state index in [1.54, 1.807) is 0 Å². The minimum absolute atomic E-state index is 0.610. The van der Waals surface area contributed by atoms with E-state index in [-0.39, 0.29) is 0 Å². The van der Waals surface area contributed by atoms with E-state index >= 15 is 0 Å². The fourth-order valence-electron chi connectivity index (χ4n) is 17.2. The van der Waals surface area contributed by atoms with Gasteiger partial charge in [-0.15, -0.1) is 0 Å². The molecule has 6 aromatic heterocycles. The third-order valence-corrected chi connectivity index (χ3v) is 23.6. The van der Waals surface area contributed by atoms with E-state index in [0.29, 0.717) is 52.4 Å². The van der Waals surface area contributed by atoms with Gasteiger partial charge in [0.2, 0.25) is 0 Å². The standard InChI is InChI=1S/2C41H25N3O.C33H21N3O/c1-2-11-27(12-3-1)39-42-40(30-21-20-26-10-4-5-13-28(26)24-30)44-41(43-39)36-18-9-16-32-31(15-8-17-33(32)36)29-22-23-35-34-14-6-7-19-37(34)45-38(35)25-29;1-2-11-27(12-3-1)39-42-40(31-19-18-26-10-4-5-13-28(26)22-31)44-41(43-39)32-23-29-14-6-7-15-33(29)36(24-32)30-20-21-35-34-16-8-9-17-37(34)45-38(35)25-30;1-3-9-22(10-4-1)23-15-17-25(18-16-23)32-34-31(24-11-5-2-6-12-24)35-33(36-32)26-19-20-28-27-13-7-8-14-29(27)37-30(28)21-26/h2*1-25H;1-21H. The van der Waals surface area contributed by atoms with Crippen molar-refractivity contribution in [1.82, 2.24) is 44.9 Å². The van der Waals surface area contributed by atoms with Crippen LogP contribution in [0.25, 0.3) is 245 Å². The molecule has 25 aromatic rings. The number of aromatic nitrogens is 9. The smallest absolute Gasteiger partial charge is 0.164 e. The summed E-state index contributed by atoms with van der Waals surface area (Å²) in [6.07, 6.45) is 0. The topological polar surface area (TPSA) is 155 Å². The molecule has 594 valence electrons. The van der Waals surface area contributed by atoms with Gasteiger partial charge in [-0.3, -0.25) is 0 Å². The highest BCUT2D eigenvalue weighted by Gasteiger charge is 2.22. The van der Waals surface area contributed by atoms with Gasteiger partial charge in [-0.25, -0.2) is 44.9 Å². The fraction of sp³-hybridized carbons (Fsp3) is 0. The van der Waals surface area contributed by atoms with Crippen molar-refractivity contribution in [2.45, 2.75) is 0 Å². The molecule has 12 nitrogen and oxygen atoms in total. The first-order valence-corrected chi connectivity index (χ1v) is 42.3. The second-order valence-electron chi connectivity index (χ2n) is 31.5. The monoisotopic (exact) mass is 1630 g/mol. The molecule has 25 rings (SSSR count). The molecule has 0 radical (unpaired) electrons. The zero-order valence-electron chi connectivity index (χ0n) is 68.2. The Bertz CT molecular complexity index is 8530. The van der Waals surface area contributed by atoms with Gasteiger partial charge in [-0.1, -0.05) is 352 Å². The molecule has 0 saturated heterocycles. The molecule has 6 heterocycles. The summed E-state index contributed by atoms with van der Waals surface area (Å²) in [5.74, 6) is 5.72. The van der Waals surface area contributed by atoms with Gasteiger partial charge in [-0.2, -0.15) is 0 Å². The molecule has 0 saturated carbocycles. The molecule has 19 aromatic carbocycles. The number of para-hydroxylation sites is 3. The number of benzene rings is 19. The fourth-order valence-corrected chi connectivity index (χ4v) is 17.2. The third kappa shape index (κ3) is 14.5. The Balaban J connectivity index is 0.000000110. The third-order valence-electron chi connectivity index (χ3n) is 23.6. The Morgan fingerprint density at radius 3 is 0.843 bits per heavy atom. The van der Waals surface area contributed by atoms with Crippen molar-refractivity contribution in [2.75, 3.05) is 0 Å². The van der Waals surface area contributed by atoms with Crippen LogP contribution >= 0.6 is 0 Å². The van der Waals surface area contributed by atoms with E-state index in [0.717, 1.165) is 176 Å². The molecule has 0 atom stereocenters. The lowest BCUT2D eigenvalue weighted by atomic mass is 9.94. The number of rotatable bonds is 12. The zero-order valence-corrected chi connectivity index (χ0v) is 68.2. The molecule has 0 aliphatic heterocycles. The SMILES string of the molecule is c1ccc(-c2ccc(-c3nc(-c4ccccc4)nc(-c4ccc5c(c4)oc4ccccc45)n3)cc2)cc1.c1ccc(-c2nc(-c3ccc4ccccc4c3)nc(-c3cc(-c4ccc5c(c4)oc4ccccc45)c4ccccc4c3)n2)cc1.c1ccc(-c2nc(-c3ccc4ccccc4c3)nc(-c3cccc4c(-c5ccc6c(c5)oc5ccccc56)cccc34)n2)cc1. The summed E-state index contributed by atoms with van der Waals surface area (Å²) in [4.78, 5) is 44.8. The van der Waals surface area contributed by atoms with Crippen LogP contribution in [0.5, 0.6) is 0 Å². The summed E-state index contributed by atoms with van der Waals surface area (Å²) in [6.45, 7) is 0. The minimum atomic E-state index is 0.610. The van der Waals surface area contributed by atoms with Crippen LogP contribution in [0.1, 0.15) is 0 Å². The first kappa shape index (κ1) is 74.7. The number of fused-ring (bicyclic) bond motifs is 13. The Labute approximate surface area is 728 Å². The molecule has 0 aliphatic carbocycles. The van der Waals surface area contributed by atoms with E-state index in [1.807, 2.05) is 170 Å². The Kier molecular flexibility index (Phi) is 19.0. The summed E-state index contributed by atoms with van der Waals surface area (Å²) in [5, 5.41) is 15.8. The molecule has 0 aliphatic rings. The van der Waals surface area contributed by atoms with Crippen LogP contribution in [0.15, 0.2) is 444 Å². The minimum Gasteiger partial charge on any atom is -0.456 e. The molecule has 12 heteroatoms. The van der Waals surface area contributed by atoms with Crippen LogP contribution < -0.4 is 0 Å². The highest BCUT2D eigenvalue weighted by molar-refractivity contribution is 6.11. The van der Waals surface area contributed by atoms with Gasteiger partial charge in [0.15, 0.2) is 52.4 Å². The normalized spacial score (nSPS) is 11.5. The van der Waals surface area contributed by atoms with Crippen molar-refractivity contribution in [3.63, 3.8) is 0 Å². The maximum atomic E-state index is 6.27. The number of furan rings is 3. The van der Waals surface area contributed by atoms with E-state index in [2.05, 4.69) is 261 Å². The summed E-state index contributed by atoms with van der Waals surface area (Å²) in [6, 6.07) is 147. The largest absolute Gasteiger partial charge is 0.456 e. The molecule has 0 amide bonds. The van der Waals surface area contributed by atoms with E-state index in [4.69, 9.17) is 58.1 Å². The van der Waals surface area contributed by atoms with Gasteiger partial charge in [0.1, 0.15) is 33.5 Å². The average Bonchev–Trinajstić information content (AvgIpc) is 1.76. The predicted molar refractivity (Wildman–Crippen MR) is 517 cm³/mol. The van der Waals surface area contributed by atoms with Gasteiger partial charge in [0, 0.05) is 82.4 Å². The van der Waals surface area contributed by atoms with Crippen LogP contribution in [-0.2, 0) is 0 Å². The Morgan fingerprint density at radius 1 is 0.118 bits per heavy atom. The van der Waals surface area contributed by atoms with Gasteiger partial charge < -0.3 is 13.3 Å². The van der Waals surface area contributed by atoms with Gasteiger partial charge in [0.25, 0.3) is 0 Å². The molecular weight excluding hydrogens is 1560 g/mol. The van der Waals surface area contributed by atoms with Crippen molar-refractivity contribution in [1.29, 1.82) is 0 Å². The van der Waals surface area contributed by atoms with Gasteiger partial charge in [0.05, 0.1) is 0 Å². The van der Waals surface area contributed by atoms with Crippen molar-refractivity contribution in [3.8, 4) is 136 Å². The van der Waals surface area contributed by atoms with Crippen LogP contribution in [0.3, 0.4) is 0 Å². The van der Waals surface area contributed by atoms with Gasteiger partial charge in [-0.05, 0) is 155 Å². The van der Waals surface area contributed by atoms with Crippen LogP contribution in [0, 0.1) is 0 Å². The molecular formula is C115H71N9O3. The molecule has 0 N–H and O–H groups in total. The highest BCUT2D eigenvalue weighted by atomic mass is 16.3. The predicted octanol–water partition coefficient (Wildman–Crippen LogP) is 29.9. The van der Waals surface area contributed by atoms with Crippen molar-refractivity contribution in [2.24, 2.45) is 0 Å². The molecule has 0 spiro atoms. The number of hydrogen-bond acceptors (Lipinski definition) is 12. The number of hydrogen-bond donors (Lipinski definition) is 0. The second-order valence-corrected chi connectivity index (χ2v) is 31.5. The lowest BCUT2D eigenvalue weighted by Gasteiger charge is -2.13. The summed E-state index contributed by atoms with van der Waals surface area (Å²) >= 11 is 0. The van der Waals surface area contributed by atoms with Crippen LogP contribution in [0.4, 0.5) is 0 Å². The lowest BCUT2D eigenvalue weighted by Crippen LogP contribution is -2.00. The summed E-state index contributed by atoms with van der Waals surface area (Å²) < 4.78 is 18.6. The molecule has 0 bridgehead atoms. The Hall–Kier alpha value is -17.4. The molecule has 0 unspecified atom stereocenters. The van der Waals surface area contributed by atoms with E-state index in [1.165, 1.54) is 16.3 Å². The van der Waals surface area contributed by atoms with E-state index < -0.39 is 0 Å². The highest BCUT2D eigenvalue weighted by Crippen LogP contribution is 2.43. The summed E-state index contributed by atoms with van der Waals surface area (Å²) in [7, 11) is 0. The molecule has 0 fully saturated rings. The Morgan fingerprint density at radius 2 is 0.386 bits per heavy atom. The first-order valence-electron chi connectivity index (χ1n) is 42.3. The average molecular weight is 1630 g/mol. The van der Waals surface area contributed by atoms with Crippen molar-refractivity contribution >= 4 is 109 Å². The van der Waals surface area contributed by atoms with Crippen molar-refractivity contribution < 1.29 is 13.3 Å². The first-order chi connectivity index (χ1) is 62.9. The van der Waals surface area contributed by atoms with Crippen molar-refractivity contribution in [3.05, 3.63) is 431 Å². The maximum Gasteiger partial charge on any atom is 0.164 e. The quantitative estimate of drug-likeness (QED) is 0.114. The van der Waals surface area contributed by atoms with E-state index in [9.17, 15) is 0 Å². The van der Waals surface area contributed by atoms with Crippen LogP contribution in [0.2, 0.25) is 0 Å². The summed E-state index contributed by atoms with van der Waals surface area (Å²) in [5.41, 5.74) is 20.4. The van der Waals surface area contributed by atoms with Gasteiger partial charge >= 0.3 is 0 Å². The zero-order chi connectivity index (χ0) is 84.1. The number of nitrogens with zero attached hydrogens (tertiary/aromatic N) is 9. The van der Waals surface area contributed by atoms with Crippen LogP contribution in [-0.4, -0.2) is 44.9 Å². The maximum absolute atomic E-state index is 6.27. The second kappa shape index (κ2) is 32.2.